The van der Waals surface area contributed by atoms with Crippen molar-refractivity contribution in [3.8, 4) is 0 Å². The summed E-state index contributed by atoms with van der Waals surface area (Å²) in [5.41, 5.74) is 2.81. The van der Waals surface area contributed by atoms with Crippen LogP contribution in [0, 0.1) is 19.8 Å². The first-order valence-electron chi connectivity index (χ1n) is 8.07. The summed E-state index contributed by atoms with van der Waals surface area (Å²) in [6.45, 7) is 5.06. The number of likely N-dealkylation sites (tertiary alicyclic amines) is 1. The van der Waals surface area contributed by atoms with Gasteiger partial charge in [0, 0.05) is 18.7 Å². The molecule has 2 N–H and O–H groups in total. The Hall–Kier alpha value is -2.70. The van der Waals surface area contributed by atoms with Gasteiger partial charge in [0.25, 0.3) is 5.91 Å². The first-order chi connectivity index (χ1) is 11.5. The van der Waals surface area contributed by atoms with E-state index in [0.29, 0.717) is 24.6 Å². The number of anilines is 1. The Balaban J connectivity index is 1.68. The molecular formula is C17H21N5O2. The molecule has 0 saturated carbocycles. The van der Waals surface area contributed by atoms with Gasteiger partial charge in [-0.25, -0.2) is 5.10 Å². The van der Waals surface area contributed by atoms with Gasteiger partial charge in [-0.1, -0.05) is 17.2 Å². The molecule has 1 aliphatic rings. The van der Waals surface area contributed by atoms with E-state index in [0.717, 1.165) is 24.0 Å². The largest absolute Gasteiger partial charge is 0.338 e. The second-order valence-electron chi connectivity index (χ2n) is 6.29. The van der Waals surface area contributed by atoms with Gasteiger partial charge < -0.3 is 4.90 Å². The second-order valence-corrected chi connectivity index (χ2v) is 6.29. The van der Waals surface area contributed by atoms with Gasteiger partial charge >= 0.3 is 0 Å². The Morgan fingerprint density at radius 2 is 2.00 bits per heavy atom. The number of aryl methyl sites for hydroxylation is 2. The van der Waals surface area contributed by atoms with Crippen LogP contribution in [0.25, 0.3) is 0 Å². The van der Waals surface area contributed by atoms with E-state index in [1.807, 2.05) is 32.0 Å². The van der Waals surface area contributed by atoms with E-state index in [4.69, 9.17) is 0 Å². The molecule has 126 valence electrons. The zero-order valence-electron chi connectivity index (χ0n) is 13.9. The van der Waals surface area contributed by atoms with Crippen LogP contribution in [-0.2, 0) is 4.79 Å². The number of carbonyl (C=O) groups excluding carboxylic acids is 2. The molecule has 1 atom stereocenters. The maximum absolute atomic E-state index is 12.8. The van der Waals surface area contributed by atoms with Crippen molar-refractivity contribution >= 4 is 17.8 Å². The number of hydrogen-bond acceptors (Lipinski definition) is 4. The number of carbonyl (C=O) groups is 2. The molecule has 1 unspecified atom stereocenters. The third kappa shape index (κ3) is 3.61. The Morgan fingerprint density at radius 3 is 2.67 bits per heavy atom. The predicted octanol–water partition coefficient (Wildman–Crippen LogP) is 1.91. The fourth-order valence-electron chi connectivity index (χ4n) is 3.14. The number of nitrogens with one attached hydrogen (secondary N) is 2. The van der Waals surface area contributed by atoms with E-state index in [1.54, 1.807) is 4.90 Å². The zero-order chi connectivity index (χ0) is 17.1. The van der Waals surface area contributed by atoms with Gasteiger partial charge in [0.1, 0.15) is 6.33 Å². The molecule has 1 aromatic heterocycles. The summed E-state index contributed by atoms with van der Waals surface area (Å²) in [5, 5.41) is 9.01. The molecule has 1 fully saturated rings. The van der Waals surface area contributed by atoms with Crippen molar-refractivity contribution in [3.05, 3.63) is 41.2 Å². The maximum Gasteiger partial charge on any atom is 0.253 e. The molecule has 2 amide bonds. The van der Waals surface area contributed by atoms with Crippen molar-refractivity contribution in [1.82, 2.24) is 20.1 Å². The lowest BCUT2D eigenvalue weighted by Gasteiger charge is -2.32. The van der Waals surface area contributed by atoms with Crippen LogP contribution in [0.15, 0.2) is 24.5 Å². The molecule has 2 aromatic rings. The smallest absolute Gasteiger partial charge is 0.253 e. The monoisotopic (exact) mass is 327 g/mol. The second kappa shape index (κ2) is 6.82. The van der Waals surface area contributed by atoms with Crippen molar-refractivity contribution in [1.29, 1.82) is 0 Å². The summed E-state index contributed by atoms with van der Waals surface area (Å²) in [6, 6.07) is 5.84. The van der Waals surface area contributed by atoms with Crippen LogP contribution < -0.4 is 5.32 Å². The van der Waals surface area contributed by atoms with Crippen LogP contribution in [-0.4, -0.2) is 45.0 Å². The number of H-pyrrole nitrogens is 1. The number of aromatic amines is 1. The highest BCUT2D eigenvalue weighted by Gasteiger charge is 2.29. The number of nitrogens with zero attached hydrogens (tertiary/aromatic N) is 3. The Morgan fingerprint density at radius 1 is 1.25 bits per heavy atom. The van der Waals surface area contributed by atoms with Gasteiger partial charge in [-0.2, -0.15) is 10.1 Å². The van der Waals surface area contributed by atoms with Crippen LogP contribution in [0.1, 0.15) is 34.3 Å². The van der Waals surface area contributed by atoms with E-state index >= 15 is 0 Å². The number of amides is 2. The van der Waals surface area contributed by atoms with Crippen LogP contribution in [0.5, 0.6) is 0 Å². The lowest BCUT2D eigenvalue weighted by Crippen LogP contribution is -2.43. The molecule has 0 radical (unpaired) electrons. The Kier molecular flexibility index (Phi) is 4.59. The summed E-state index contributed by atoms with van der Waals surface area (Å²) in [7, 11) is 0. The lowest BCUT2D eigenvalue weighted by atomic mass is 9.96. The molecule has 24 heavy (non-hydrogen) atoms. The molecule has 3 rings (SSSR count). The highest BCUT2D eigenvalue weighted by molar-refractivity contribution is 5.96. The zero-order valence-corrected chi connectivity index (χ0v) is 13.9. The fourth-order valence-corrected chi connectivity index (χ4v) is 3.14. The van der Waals surface area contributed by atoms with Crippen molar-refractivity contribution < 1.29 is 9.59 Å². The third-order valence-corrected chi connectivity index (χ3v) is 4.20. The minimum Gasteiger partial charge on any atom is -0.338 e. The standard InChI is InChI=1S/C17H21N5O2/c1-11-6-12(2)8-14(7-11)16(24)22-5-3-4-13(9-22)15(23)20-17-18-10-19-21-17/h6-8,10,13H,3-5,9H2,1-2H3,(H2,18,19,20,21,23). The summed E-state index contributed by atoms with van der Waals surface area (Å²) in [4.78, 5) is 30.8. The van der Waals surface area contributed by atoms with Crippen molar-refractivity contribution in [2.24, 2.45) is 5.92 Å². The number of benzene rings is 1. The van der Waals surface area contributed by atoms with Crippen LogP contribution >= 0.6 is 0 Å². The van der Waals surface area contributed by atoms with E-state index in [2.05, 4.69) is 20.5 Å². The Bertz CT molecular complexity index is 721. The molecule has 1 saturated heterocycles. The highest BCUT2D eigenvalue weighted by atomic mass is 16.2. The van der Waals surface area contributed by atoms with Crippen molar-refractivity contribution in [2.45, 2.75) is 26.7 Å². The molecule has 7 heteroatoms. The number of aromatic nitrogens is 3. The average molecular weight is 327 g/mol. The normalized spacial score (nSPS) is 17.6. The van der Waals surface area contributed by atoms with E-state index in [-0.39, 0.29) is 17.7 Å². The van der Waals surface area contributed by atoms with Gasteiger partial charge in [0.05, 0.1) is 5.92 Å². The van der Waals surface area contributed by atoms with Crippen LogP contribution in [0.2, 0.25) is 0 Å². The molecule has 0 spiro atoms. The highest BCUT2D eigenvalue weighted by Crippen LogP contribution is 2.21. The van der Waals surface area contributed by atoms with Gasteiger partial charge in [-0.3, -0.25) is 14.9 Å². The topological polar surface area (TPSA) is 91.0 Å². The predicted molar refractivity (Wildman–Crippen MR) is 89.6 cm³/mol. The molecule has 2 heterocycles. The summed E-state index contributed by atoms with van der Waals surface area (Å²) in [6.07, 6.45) is 2.91. The van der Waals surface area contributed by atoms with Gasteiger partial charge in [-0.05, 0) is 38.8 Å². The Labute approximate surface area is 140 Å². The van der Waals surface area contributed by atoms with Gasteiger partial charge in [0.2, 0.25) is 11.9 Å². The number of piperidine rings is 1. The third-order valence-electron chi connectivity index (χ3n) is 4.20. The first kappa shape index (κ1) is 16.2. The number of hydrogen-bond donors (Lipinski definition) is 2. The minimum atomic E-state index is -0.237. The average Bonchev–Trinajstić information content (AvgIpc) is 3.06. The summed E-state index contributed by atoms with van der Waals surface area (Å²) < 4.78 is 0. The molecule has 1 aromatic carbocycles. The quantitative estimate of drug-likeness (QED) is 0.901. The molecular weight excluding hydrogens is 306 g/mol. The molecule has 7 nitrogen and oxygen atoms in total. The van der Waals surface area contributed by atoms with Crippen LogP contribution in [0.4, 0.5) is 5.95 Å². The summed E-state index contributed by atoms with van der Waals surface area (Å²) >= 11 is 0. The van der Waals surface area contributed by atoms with E-state index < -0.39 is 0 Å². The fraction of sp³-hybridized carbons (Fsp3) is 0.412. The minimum absolute atomic E-state index is 0.0148. The van der Waals surface area contributed by atoms with Crippen molar-refractivity contribution in [3.63, 3.8) is 0 Å². The SMILES string of the molecule is Cc1cc(C)cc(C(=O)N2CCCC(C(=O)Nc3ncn[nH]3)C2)c1. The number of rotatable bonds is 3. The van der Waals surface area contributed by atoms with Crippen molar-refractivity contribution in [2.75, 3.05) is 18.4 Å². The maximum atomic E-state index is 12.8. The van der Waals surface area contributed by atoms with Gasteiger partial charge in [0.15, 0.2) is 0 Å². The van der Waals surface area contributed by atoms with Crippen LogP contribution in [0.3, 0.4) is 0 Å². The lowest BCUT2D eigenvalue weighted by molar-refractivity contribution is -0.121. The first-order valence-corrected chi connectivity index (χ1v) is 8.07. The molecule has 0 aliphatic carbocycles. The van der Waals surface area contributed by atoms with Gasteiger partial charge in [-0.15, -0.1) is 0 Å². The molecule has 1 aliphatic heterocycles. The molecule has 0 bridgehead atoms. The summed E-state index contributed by atoms with van der Waals surface area (Å²) in [5.74, 6) is -0.0555. The van der Waals surface area contributed by atoms with E-state index in [1.165, 1.54) is 6.33 Å². The van der Waals surface area contributed by atoms with E-state index in [9.17, 15) is 9.59 Å².